The van der Waals surface area contributed by atoms with Gasteiger partial charge in [0, 0.05) is 42.1 Å². The molecular weight excluding hydrogens is 442 g/mol. The highest BCUT2D eigenvalue weighted by Crippen LogP contribution is 2.20. The molecule has 4 rings (SSSR count). The molecule has 2 amide bonds. The first-order chi connectivity index (χ1) is 17.1. The van der Waals surface area contributed by atoms with Gasteiger partial charge in [-0.25, -0.2) is 0 Å². The summed E-state index contributed by atoms with van der Waals surface area (Å²) in [5.41, 5.74) is 2.85. The fraction of sp³-hybridized carbons (Fsp3) is 0.250. The summed E-state index contributed by atoms with van der Waals surface area (Å²) >= 11 is 0. The molecule has 1 aliphatic heterocycles. The third-order valence-electron chi connectivity index (χ3n) is 5.97. The van der Waals surface area contributed by atoms with Crippen molar-refractivity contribution in [3.63, 3.8) is 0 Å². The molecule has 0 unspecified atom stereocenters. The van der Waals surface area contributed by atoms with Gasteiger partial charge in [-0.1, -0.05) is 48.5 Å². The highest BCUT2D eigenvalue weighted by Gasteiger charge is 2.23. The van der Waals surface area contributed by atoms with Gasteiger partial charge in [-0.05, 0) is 37.3 Å². The van der Waals surface area contributed by atoms with Crippen LogP contribution in [0.2, 0.25) is 0 Å². The van der Waals surface area contributed by atoms with E-state index < -0.39 is 0 Å². The maximum atomic E-state index is 13.3. The first-order valence-corrected chi connectivity index (χ1v) is 11.8. The van der Waals surface area contributed by atoms with Gasteiger partial charge in [0.1, 0.15) is 6.54 Å². The van der Waals surface area contributed by atoms with Gasteiger partial charge in [-0.3, -0.25) is 14.4 Å². The number of ether oxygens (including phenoxy) is 1. The Hall–Kier alpha value is -3.97. The van der Waals surface area contributed by atoms with E-state index in [1.54, 1.807) is 48.5 Å². The van der Waals surface area contributed by atoms with Crippen LogP contribution in [0.3, 0.4) is 0 Å². The molecule has 3 aromatic rings. The third kappa shape index (κ3) is 5.94. The molecule has 1 saturated heterocycles. The lowest BCUT2D eigenvalue weighted by Gasteiger charge is -2.29. The molecule has 0 radical (unpaired) electrons. The molecule has 7 heteroatoms. The molecule has 7 nitrogen and oxygen atoms in total. The van der Waals surface area contributed by atoms with Gasteiger partial charge >= 0.3 is 0 Å². The number of morpholine rings is 1. The largest absolute Gasteiger partial charge is 0.378 e. The summed E-state index contributed by atoms with van der Waals surface area (Å²) in [4.78, 5) is 42.8. The summed E-state index contributed by atoms with van der Waals surface area (Å²) in [5, 5.41) is 2.86. The van der Waals surface area contributed by atoms with Crippen molar-refractivity contribution in [1.29, 1.82) is 0 Å². The van der Waals surface area contributed by atoms with Crippen LogP contribution in [0, 0.1) is 0 Å². The normalized spacial score (nSPS) is 13.2. The number of hydrogen-bond acceptors (Lipinski definition) is 5. The summed E-state index contributed by atoms with van der Waals surface area (Å²) in [6, 6.07) is 23.2. The van der Waals surface area contributed by atoms with E-state index in [2.05, 4.69) is 10.2 Å². The van der Waals surface area contributed by atoms with Gasteiger partial charge in [-0.15, -0.1) is 0 Å². The number of anilines is 2. The number of hydrogen-bond donors (Lipinski definition) is 1. The van der Waals surface area contributed by atoms with Gasteiger partial charge in [0.2, 0.25) is 5.91 Å². The van der Waals surface area contributed by atoms with Gasteiger partial charge in [0.15, 0.2) is 5.78 Å². The Balaban J connectivity index is 1.42. The number of likely N-dealkylation sites (N-methyl/N-ethyl adjacent to an activating group) is 1. The van der Waals surface area contributed by atoms with E-state index in [-0.39, 0.29) is 29.7 Å². The highest BCUT2D eigenvalue weighted by molar-refractivity contribution is 6.15. The fourth-order valence-electron chi connectivity index (χ4n) is 4.06. The lowest BCUT2D eigenvalue weighted by Crippen LogP contribution is -2.38. The molecule has 1 aliphatic rings. The van der Waals surface area contributed by atoms with Crippen molar-refractivity contribution in [2.75, 3.05) is 49.6 Å². The standard InChI is InChI=1S/C28H29N3O4/c1-2-30(20-26(32)29-22-12-14-23(15-13-22)31-16-18-35-19-17-31)28(34)25-11-7-6-10-24(25)27(33)21-8-4-3-5-9-21/h3-15H,2,16-20H2,1H3,(H,29,32). The predicted molar refractivity (Wildman–Crippen MR) is 136 cm³/mol. The van der Waals surface area contributed by atoms with Crippen molar-refractivity contribution in [2.45, 2.75) is 6.92 Å². The van der Waals surface area contributed by atoms with Crippen LogP contribution in [0.15, 0.2) is 78.9 Å². The smallest absolute Gasteiger partial charge is 0.255 e. The van der Waals surface area contributed by atoms with E-state index >= 15 is 0 Å². The highest BCUT2D eigenvalue weighted by atomic mass is 16.5. The van der Waals surface area contributed by atoms with E-state index in [0.717, 1.165) is 18.8 Å². The first kappa shape index (κ1) is 24.2. The zero-order valence-corrected chi connectivity index (χ0v) is 19.8. The van der Waals surface area contributed by atoms with Crippen molar-refractivity contribution < 1.29 is 19.1 Å². The Morgan fingerprint density at radius 1 is 0.857 bits per heavy atom. The zero-order chi connectivity index (χ0) is 24.6. The SMILES string of the molecule is CCN(CC(=O)Nc1ccc(N2CCOCC2)cc1)C(=O)c1ccccc1C(=O)c1ccccc1. The molecule has 0 saturated carbocycles. The summed E-state index contributed by atoms with van der Waals surface area (Å²) in [6.45, 7) is 5.12. The second-order valence-electron chi connectivity index (χ2n) is 8.25. The Labute approximate surface area is 205 Å². The van der Waals surface area contributed by atoms with Crippen LogP contribution >= 0.6 is 0 Å². The van der Waals surface area contributed by atoms with Crippen molar-refractivity contribution in [3.05, 3.63) is 95.6 Å². The maximum Gasteiger partial charge on any atom is 0.255 e. The van der Waals surface area contributed by atoms with Gasteiger partial charge < -0.3 is 19.9 Å². The fourth-order valence-corrected chi connectivity index (χ4v) is 4.06. The minimum absolute atomic E-state index is 0.117. The van der Waals surface area contributed by atoms with Gasteiger partial charge in [0.05, 0.1) is 18.8 Å². The minimum atomic E-state index is -0.356. The number of nitrogens with one attached hydrogen (secondary N) is 1. The molecule has 1 fully saturated rings. The molecule has 0 bridgehead atoms. The van der Waals surface area contributed by atoms with E-state index in [1.807, 2.05) is 37.3 Å². The van der Waals surface area contributed by atoms with Crippen LogP contribution < -0.4 is 10.2 Å². The molecule has 1 heterocycles. The predicted octanol–water partition coefficient (Wildman–Crippen LogP) is 3.86. The van der Waals surface area contributed by atoms with Gasteiger partial charge in [0.25, 0.3) is 5.91 Å². The molecular formula is C28H29N3O4. The monoisotopic (exact) mass is 471 g/mol. The van der Waals surface area contributed by atoms with E-state index in [1.165, 1.54) is 4.90 Å². The summed E-state index contributed by atoms with van der Waals surface area (Å²) in [6.07, 6.45) is 0. The number of carbonyl (C=O) groups is 3. The van der Waals surface area contributed by atoms with E-state index in [4.69, 9.17) is 4.74 Å². The Morgan fingerprint density at radius 2 is 1.49 bits per heavy atom. The van der Waals surface area contributed by atoms with Crippen molar-refractivity contribution >= 4 is 29.0 Å². The van der Waals surface area contributed by atoms with Crippen molar-refractivity contribution in [2.24, 2.45) is 0 Å². The number of ketones is 1. The lowest BCUT2D eigenvalue weighted by atomic mass is 9.97. The average molecular weight is 472 g/mol. The number of amides is 2. The minimum Gasteiger partial charge on any atom is -0.378 e. The molecule has 35 heavy (non-hydrogen) atoms. The van der Waals surface area contributed by atoms with Crippen LogP contribution in [-0.4, -0.2) is 61.9 Å². The van der Waals surface area contributed by atoms with Crippen LogP contribution in [0.5, 0.6) is 0 Å². The molecule has 1 N–H and O–H groups in total. The maximum absolute atomic E-state index is 13.3. The Morgan fingerprint density at radius 3 is 2.14 bits per heavy atom. The number of rotatable bonds is 8. The summed E-state index contributed by atoms with van der Waals surface area (Å²) in [7, 11) is 0. The number of carbonyl (C=O) groups excluding carboxylic acids is 3. The molecule has 0 spiro atoms. The first-order valence-electron chi connectivity index (χ1n) is 11.8. The second-order valence-corrected chi connectivity index (χ2v) is 8.25. The zero-order valence-electron chi connectivity index (χ0n) is 19.8. The topological polar surface area (TPSA) is 79.0 Å². The Bertz CT molecular complexity index is 1170. The van der Waals surface area contributed by atoms with Crippen molar-refractivity contribution in [3.8, 4) is 0 Å². The molecule has 0 atom stereocenters. The van der Waals surface area contributed by atoms with Gasteiger partial charge in [-0.2, -0.15) is 0 Å². The lowest BCUT2D eigenvalue weighted by molar-refractivity contribution is -0.116. The van der Waals surface area contributed by atoms with E-state index in [9.17, 15) is 14.4 Å². The summed E-state index contributed by atoms with van der Waals surface area (Å²) < 4.78 is 5.39. The van der Waals surface area contributed by atoms with Crippen LogP contribution in [0.1, 0.15) is 33.2 Å². The number of nitrogens with zero attached hydrogens (tertiary/aromatic N) is 2. The second kappa shape index (κ2) is 11.4. The summed E-state index contributed by atoms with van der Waals surface area (Å²) in [5.74, 6) is -0.883. The molecule has 180 valence electrons. The van der Waals surface area contributed by atoms with E-state index in [0.29, 0.717) is 36.6 Å². The number of benzene rings is 3. The molecule has 0 aliphatic carbocycles. The van der Waals surface area contributed by atoms with Crippen molar-refractivity contribution in [1.82, 2.24) is 4.90 Å². The van der Waals surface area contributed by atoms with Crippen LogP contribution in [-0.2, 0) is 9.53 Å². The molecule has 3 aromatic carbocycles. The molecule has 0 aromatic heterocycles. The quantitative estimate of drug-likeness (QED) is 0.505. The average Bonchev–Trinajstić information content (AvgIpc) is 2.92. The Kier molecular flexibility index (Phi) is 7.90. The third-order valence-corrected chi connectivity index (χ3v) is 5.97. The van der Waals surface area contributed by atoms with Crippen LogP contribution in [0.4, 0.5) is 11.4 Å². The van der Waals surface area contributed by atoms with Crippen LogP contribution in [0.25, 0.3) is 0 Å².